The van der Waals surface area contributed by atoms with Crippen LogP contribution in [0, 0.1) is 23.2 Å². The van der Waals surface area contributed by atoms with Crippen LogP contribution in [-0.4, -0.2) is 46.7 Å². The molecule has 2 unspecified atom stereocenters. The smallest absolute Gasteiger partial charge is 0.131 e. The first-order valence-electron chi connectivity index (χ1n) is 10.9. The highest BCUT2D eigenvalue weighted by atomic mass is 16.5. The summed E-state index contributed by atoms with van der Waals surface area (Å²) in [7, 11) is 0. The van der Waals surface area contributed by atoms with E-state index in [9.17, 15) is 0 Å². The molecule has 0 radical (unpaired) electrons. The normalized spacial score (nSPS) is 24.7. The van der Waals surface area contributed by atoms with Crippen molar-refractivity contribution >= 4 is 5.84 Å². The van der Waals surface area contributed by atoms with E-state index in [1.807, 2.05) is 18.3 Å². The number of nitrogens with one attached hydrogen (secondary N) is 1. The lowest BCUT2D eigenvalue weighted by molar-refractivity contribution is 0.0831. The van der Waals surface area contributed by atoms with Crippen molar-refractivity contribution in [1.82, 2.24) is 14.6 Å². The third-order valence-corrected chi connectivity index (χ3v) is 6.61. The summed E-state index contributed by atoms with van der Waals surface area (Å²) in [5.41, 5.74) is 6.72. The Morgan fingerprint density at radius 1 is 1.20 bits per heavy atom. The van der Waals surface area contributed by atoms with Gasteiger partial charge in [0.2, 0.25) is 0 Å². The SMILES string of the molecule is CC1CN(Cc2ccc(C#N)cc2)CC1C1=NCc2cnc(C3CCOCC3)n2N1. The summed E-state index contributed by atoms with van der Waals surface area (Å²) in [6, 6.07) is 10.1. The molecule has 4 heterocycles. The van der Waals surface area contributed by atoms with Crippen LogP contribution in [-0.2, 0) is 17.8 Å². The molecule has 1 N–H and O–H groups in total. The third-order valence-electron chi connectivity index (χ3n) is 6.61. The second kappa shape index (κ2) is 8.21. The Kier molecular flexibility index (Phi) is 5.28. The molecule has 2 saturated heterocycles. The van der Waals surface area contributed by atoms with E-state index in [0.717, 1.165) is 63.0 Å². The van der Waals surface area contributed by atoms with Crippen LogP contribution in [0.2, 0.25) is 0 Å². The highest BCUT2D eigenvalue weighted by Gasteiger charge is 2.35. The van der Waals surface area contributed by atoms with Crippen molar-refractivity contribution in [3.63, 3.8) is 0 Å². The van der Waals surface area contributed by atoms with Crippen molar-refractivity contribution in [1.29, 1.82) is 5.26 Å². The van der Waals surface area contributed by atoms with Gasteiger partial charge in [0.05, 0.1) is 30.1 Å². The maximum absolute atomic E-state index is 8.99. The minimum atomic E-state index is 0.390. The van der Waals surface area contributed by atoms with Crippen molar-refractivity contribution in [2.75, 3.05) is 31.7 Å². The molecule has 0 saturated carbocycles. The largest absolute Gasteiger partial charge is 0.381 e. The predicted octanol–water partition coefficient (Wildman–Crippen LogP) is 2.87. The standard InChI is InChI=1S/C23H28N6O/c1-16-13-28(14-18-4-2-17(10-24)3-5-18)15-21(16)22-25-11-20-12-26-23(29(20)27-22)19-6-8-30-9-7-19/h2-5,12,16,19,21H,6-9,11,13-15H2,1H3,(H,25,27). The Labute approximate surface area is 177 Å². The van der Waals surface area contributed by atoms with Crippen LogP contribution in [0.3, 0.4) is 0 Å². The quantitative estimate of drug-likeness (QED) is 0.848. The molecule has 0 aliphatic carbocycles. The molecule has 0 spiro atoms. The second-order valence-electron chi connectivity index (χ2n) is 8.73. The maximum atomic E-state index is 8.99. The number of nitrogens with zero attached hydrogens (tertiary/aromatic N) is 5. The molecule has 30 heavy (non-hydrogen) atoms. The molecule has 156 valence electrons. The van der Waals surface area contributed by atoms with Crippen LogP contribution in [0.5, 0.6) is 0 Å². The topological polar surface area (TPSA) is 78.5 Å². The fourth-order valence-electron chi connectivity index (χ4n) is 4.90. The number of nitriles is 1. The van der Waals surface area contributed by atoms with Crippen LogP contribution in [0.25, 0.3) is 0 Å². The minimum Gasteiger partial charge on any atom is -0.381 e. The monoisotopic (exact) mass is 404 g/mol. The van der Waals surface area contributed by atoms with E-state index in [1.165, 1.54) is 5.56 Å². The van der Waals surface area contributed by atoms with Crippen LogP contribution >= 0.6 is 0 Å². The van der Waals surface area contributed by atoms with Gasteiger partial charge in [-0.2, -0.15) is 5.26 Å². The van der Waals surface area contributed by atoms with E-state index in [0.29, 0.717) is 29.9 Å². The van der Waals surface area contributed by atoms with Crippen LogP contribution in [0.1, 0.15) is 48.3 Å². The zero-order valence-electron chi connectivity index (χ0n) is 17.4. The first-order valence-corrected chi connectivity index (χ1v) is 10.9. The van der Waals surface area contributed by atoms with E-state index >= 15 is 0 Å². The van der Waals surface area contributed by atoms with Crippen LogP contribution < -0.4 is 5.43 Å². The van der Waals surface area contributed by atoms with E-state index in [4.69, 9.17) is 20.0 Å². The molecule has 1 aromatic heterocycles. The number of likely N-dealkylation sites (tertiary alicyclic amines) is 1. The number of ether oxygens (including phenoxy) is 1. The number of aromatic nitrogens is 2. The molecule has 0 amide bonds. The lowest BCUT2D eigenvalue weighted by atomic mass is 9.96. The molecule has 2 fully saturated rings. The molecule has 3 aliphatic rings. The summed E-state index contributed by atoms with van der Waals surface area (Å²) in [6.07, 6.45) is 4.03. The van der Waals surface area contributed by atoms with Gasteiger partial charge in [-0.25, -0.2) is 9.66 Å². The van der Waals surface area contributed by atoms with Crippen LogP contribution in [0.15, 0.2) is 35.5 Å². The fraction of sp³-hybridized carbons (Fsp3) is 0.522. The summed E-state index contributed by atoms with van der Waals surface area (Å²) >= 11 is 0. The first-order chi connectivity index (χ1) is 14.7. The summed E-state index contributed by atoms with van der Waals surface area (Å²) in [6.45, 7) is 7.59. The molecule has 7 nitrogen and oxygen atoms in total. The van der Waals surface area contributed by atoms with Crippen molar-refractivity contribution in [3.8, 4) is 6.07 Å². The maximum Gasteiger partial charge on any atom is 0.131 e. The number of rotatable bonds is 4. The summed E-state index contributed by atoms with van der Waals surface area (Å²) in [5.74, 6) is 3.59. The zero-order chi connectivity index (χ0) is 20.5. The fourth-order valence-corrected chi connectivity index (χ4v) is 4.90. The molecule has 1 aromatic carbocycles. The van der Waals surface area contributed by atoms with Gasteiger partial charge in [-0.1, -0.05) is 19.1 Å². The zero-order valence-corrected chi connectivity index (χ0v) is 17.4. The van der Waals surface area contributed by atoms with Gasteiger partial charge in [-0.15, -0.1) is 0 Å². The van der Waals surface area contributed by atoms with E-state index in [1.54, 1.807) is 0 Å². The van der Waals surface area contributed by atoms with Crippen molar-refractivity contribution < 1.29 is 4.74 Å². The lowest BCUT2D eigenvalue weighted by Crippen LogP contribution is -2.38. The average molecular weight is 405 g/mol. The number of fused-ring (bicyclic) bond motifs is 1. The Morgan fingerprint density at radius 3 is 2.77 bits per heavy atom. The second-order valence-corrected chi connectivity index (χ2v) is 8.73. The Balaban J connectivity index is 1.27. The van der Waals surface area contributed by atoms with Gasteiger partial charge in [0.1, 0.15) is 11.7 Å². The van der Waals surface area contributed by atoms with Crippen molar-refractivity contribution in [3.05, 3.63) is 53.1 Å². The van der Waals surface area contributed by atoms with Gasteiger partial charge in [0.25, 0.3) is 0 Å². The number of hydrogen-bond acceptors (Lipinski definition) is 6. The average Bonchev–Trinajstić information content (AvgIpc) is 3.37. The van der Waals surface area contributed by atoms with Gasteiger partial charge in [0, 0.05) is 44.7 Å². The molecule has 3 aliphatic heterocycles. The molecule has 5 rings (SSSR count). The van der Waals surface area contributed by atoms with Gasteiger partial charge < -0.3 is 4.74 Å². The number of aliphatic imine (C=N–C) groups is 1. The highest BCUT2D eigenvalue weighted by molar-refractivity contribution is 5.93. The third kappa shape index (κ3) is 3.73. The molecular formula is C23H28N6O. The van der Waals surface area contributed by atoms with Gasteiger partial charge >= 0.3 is 0 Å². The Bertz CT molecular complexity index is 967. The van der Waals surface area contributed by atoms with E-state index < -0.39 is 0 Å². The van der Waals surface area contributed by atoms with Crippen LogP contribution in [0.4, 0.5) is 0 Å². The predicted molar refractivity (Wildman–Crippen MR) is 115 cm³/mol. The first kappa shape index (κ1) is 19.3. The lowest BCUT2D eigenvalue weighted by Gasteiger charge is -2.28. The number of imidazole rings is 1. The molecule has 0 bridgehead atoms. The highest BCUT2D eigenvalue weighted by Crippen LogP contribution is 2.30. The molecule has 2 aromatic rings. The van der Waals surface area contributed by atoms with Gasteiger partial charge in [-0.05, 0) is 36.5 Å². The number of benzene rings is 1. The van der Waals surface area contributed by atoms with Gasteiger partial charge in [0.15, 0.2) is 0 Å². The number of amidine groups is 1. The molecular weight excluding hydrogens is 376 g/mol. The van der Waals surface area contributed by atoms with Crippen molar-refractivity contribution in [2.45, 2.75) is 38.8 Å². The van der Waals surface area contributed by atoms with E-state index in [-0.39, 0.29) is 0 Å². The Hall–Kier alpha value is -2.69. The Morgan fingerprint density at radius 2 is 2.00 bits per heavy atom. The van der Waals surface area contributed by atoms with E-state index in [2.05, 4.69) is 40.1 Å². The van der Waals surface area contributed by atoms with Gasteiger partial charge in [-0.3, -0.25) is 15.3 Å². The number of hydrogen-bond donors (Lipinski definition) is 1. The molecule has 2 atom stereocenters. The summed E-state index contributed by atoms with van der Waals surface area (Å²) < 4.78 is 7.72. The molecule has 7 heteroatoms. The summed E-state index contributed by atoms with van der Waals surface area (Å²) in [5, 5.41) is 8.99. The van der Waals surface area contributed by atoms with Crippen molar-refractivity contribution in [2.24, 2.45) is 16.8 Å². The summed E-state index contributed by atoms with van der Waals surface area (Å²) in [4.78, 5) is 12.1. The minimum absolute atomic E-state index is 0.390.